The van der Waals surface area contributed by atoms with Crippen molar-refractivity contribution < 1.29 is 18.0 Å². The number of carbonyl (C=O) groups excluding carboxylic acids is 1. The van der Waals surface area contributed by atoms with E-state index in [0.29, 0.717) is 19.6 Å². The maximum absolute atomic E-state index is 12.5. The fourth-order valence-electron chi connectivity index (χ4n) is 2.78. The number of piperazine rings is 1. The van der Waals surface area contributed by atoms with Crippen LogP contribution in [0.3, 0.4) is 0 Å². The molecule has 1 aliphatic rings. The highest BCUT2D eigenvalue weighted by Gasteiger charge is 2.35. The number of nitrogens with zero attached hydrogens (tertiary/aromatic N) is 5. The van der Waals surface area contributed by atoms with Crippen molar-refractivity contribution >= 4 is 6.03 Å². The minimum atomic E-state index is -4.21. The minimum Gasteiger partial charge on any atom is -0.336 e. The fraction of sp³-hybridized carbons (Fsp3) is 0.786. The quantitative estimate of drug-likeness (QED) is 0.866. The molecule has 1 aromatic heterocycles. The van der Waals surface area contributed by atoms with Crippen molar-refractivity contribution in [3.63, 3.8) is 0 Å². The zero-order valence-electron chi connectivity index (χ0n) is 13.9. The number of aromatic nitrogens is 3. The number of urea groups is 1. The average molecular weight is 348 g/mol. The summed E-state index contributed by atoms with van der Waals surface area (Å²) in [6.45, 7) is 4.52. The topological polar surface area (TPSA) is 66.3 Å². The summed E-state index contributed by atoms with van der Waals surface area (Å²) in [4.78, 5) is 15.1. The predicted octanol–water partition coefficient (Wildman–Crippen LogP) is 1.12. The second-order valence-electron chi connectivity index (χ2n) is 5.91. The molecular formula is C14H23F3N6O. The van der Waals surface area contributed by atoms with Gasteiger partial charge in [0.15, 0.2) is 0 Å². The van der Waals surface area contributed by atoms with Gasteiger partial charge in [-0.3, -0.25) is 4.90 Å². The molecule has 0 aromatic carbocycles. The smallest absolute Gasteiger partial charge is 0.336 e. The number of amides is 2. The van der Waals surface area contributed by atoms with E-state index in [0.717, 1.165) is 12.2 Å². The second-order valence-corrected chi connectivity index (χ2v) is 5.91. The number of halogens is 3. The van der Waals surface area contributed by atoms with Crippen LogP contribution in [0.25, 0.3) is 0 Å². The molecule has 0 radical (unpaired) electrons. The van der Waals surface area contributed by atoms with Crippen LogP contribution in [-0.4, -0.2) is 75.5 Å². The standard InChI is InChI=1S/C14H23F3N6O/c1-3-12-20-19-10-23(12)5-4-18-13(24)21-6-7-22(11(2)8-21)9-14(15,16)17/h10-11H,3-9H2,1-2H3,(H,18,24). The second kappa shape index (κ2) is 7.82. The van der Waals surface area contributed by atoms with Gasteiger partial charge in [0.2, 0.25) is 0 Å². The summed E-state index contributed by atoms with van der Waals surface area (Å²) in [7, 11) is 0. The molecule has 0 spiro atoms. The Morgan fingerprint density at radius 2 is 2.17 bits per heavy atom. The first-order valence-electron chi connectivity index (χ1n) is 8.00. The minimum absolute atomic E-state index is 0.222. The van der Waals surface area contributed by atoms with Crippen molar-refractivity contribution in [1.82, 2.24) is 29.9 Å². The van der Waals surface area contributed by atoms with E-state index in [9.17, 15) is 18.0 Å². The maximum atomic E-state index is 12.5. The van der Waals surface area contributed by atoms with E-state index in [1.54, 1.807) is 18.2 Å². The zero-order valence-corrected chi connectivity index (χ0v) is 13.9. The number of nitrogens with one attached hydrogen (secondary N) is 1. The van der Waals surface area contributed by atoms with Crippen LogP contribution in [-0.2, 0) is 13.0 Å². The molecule has 0 saturated carbocycles. The Morgan fingerprint density at radius 1 is 1.42 bits per heavy atom. The van der Waals surface area contributed by atoms with E-state index in [-0.39, 0.29) is 25.2 Å². The van der Waals surface area contributed by atoms with Gasteiger partial charge in [0, 0.05) is 45.2 Å². The summed E-state index contributed by atoms with van der Waals surface area (Å²) in [6.07, 6.45) is -1.84. The lowest BCUT2D eigenvalue weighted by Crippen LogP contribution is -2.57. The van der Waals surface area contributed by atoms with Crippen LogP contribution in [0.1, 0.15) is 19.7 Å². The molecule has 0 aliphatic carbocycles. The first-order chi connectivity index (χ1) is 11.3. The van der Waals surface area contributed by atoms with Crippen molar-refractivity contribution in [3.8, 4) is 0 Å². The molecule has 1 N–H and O–H groups in total. The average Bonchev–Trinajstić information content (AvgIpc) is 2.95. The molecule has 2 amide bonds. The first kappa shape index (κ1) is 18.5. The molecule has 1 saturated heterocycles. The van der Waals surface area contributed by atoms with Crippen molar-refractivity contribution in [2.24, 2.45) is 0 Å². The summed E-state index contributed by atoms with van der Waals surface area (Å²) in [5, 5.41) is 10.6. The van der Waals surface area contributed by atoms with Gasteiger partial charge in [-0.25, -0.2) is 4.79 Å². The van der Waals surface area contributed by atoms with Gasteiger partial charge in [0.25, 0.3) is 0 Å². The monoisotopic (exact) mass is 348 g/mol. The van der Waals surface area contributed by atoms with Crippen LogP contribution < -0.4 is 5.32 Å². The van der Waals surface area contributed by atoms with E-state index >= 15 is 0 Å². The molecule has 1 fully saturated rings. The fourth-order valence-corrected chi connectivity index (χ4v) is 2.78. The molecule has 1 atom stereocenters. The number of hydrogen-bond acceptors (Lipinski definition) is 4. The molecule has 2 heterocycles. The van der Waals surface area contributed by atoms with Gasteiger partial charge in [-0.05, 0) is 6.92 Å². The lowest BCUT2D eigenvalue weighted by Gasteiger charge is -2.39. The number of carbonyl (C=O) groups is 1. The molecular weight excluding hydrogens is 325 g/mol. The van der Waals surface area contributed by atoms with Gasteiger partial charge in [0.1, 0.15) is 12.2 Å². The van der Waals surface area contributed by atoms with Gasteiger partial charge >= 0.3 is 12.2 Å². The number of rotatable bonds is 5. The highest BCUT2D eigenvalue weighted by molar-refractivity contribution is 5.74. The predicted molar refractivity (Wildman–Crippen MR) is 81.5 cm³/mol. The summed E-state index contributed by atoms with van der Waals surface area (Å²) in [5.41, 5.74) is 0. The van der Waals surface area contributed by atoms with E-state index in [4.69, 9.17) is 0 Å². The summed E-state index contributed by atoms with van der Waals surface area (Å²) < 4.78 is 39.3. The van der Waals surface area contributed by atoms with E-state index in [2.05, 4.69) is 15.5 Å². The third kappa shape index (κ3) is 5.08. The van der Waals surface area contributed by atoms with Gasteiger partial charge in [-0.2, -0.15) is 13.2 Å². The van der Waals surface area contributed by atoms with Crippen LogP contribution in [0, 0.1) is 0 Å². The number of hydrogen-bond donors (Lipinski definition) is 1. The molecule has 10 heteroatoms. The summed E-state index contributed by atoms with van der Waals surface area (Å²) in [6, 6.07) is -0.574. The number of aryl methyl sites for hydroxylation is 1. The lowest BCUT2D eigenvalue weighted by molar-refractivity contribution is -0.153. The summed E-state index contributed by atoms with van der Waals surface area (Å²) >= 11 is 0. The summed E-state index contributed by atoms with van der Waals surface area (Å²) in [5.74, 6) is 0.846. The van der Waals surface area contributed by atoms with Crippen molar-refractivity contribution in [1.29, 1.82) is 0 Å². The van der Waals surface area contributed by atoms with Crippen molar-refractivity contribution in [3.05, 3.63) is 12.2 Å². The lowest BCUT2D eigenvalue weighted by atomic mass is 10.2. The van der Waals surface area contributed by atoms with E-state index in [1.165, 1.54) is 4.90 Å². The van der Waals surface area contributed by atoms with Crippen LogP contribution in [0.15, 0.2) is 6.33 Å². The molecule has 2 rings (SSSR count). The Labute approximate surface area is 138 Å². The maximum Gasteiger partial charge on any atom is 0.401 e. The molecule has 1 aromatic rings. The van der Waals surface area contributed by atoms with E-state index < -0.39 is 12.7 Å². The van der Waals surface area contributed by atoms with Crippen molar-refractivity contribution in [2.45, 2.75) is 39.0 Å². The zero-order chi connectivity index (χ0) is 17.7. The van der Waals surface area contributed by atoms with Gasteiger partial charge < -0.3 is 14.8 Å². The van der Waals surface area contributed by atoms with E-state index in [1.807, 2.05) is 11.5 Å². The molecule has 0 bridgehead atoms. The Hall–Kier alpha value is -1.84. The largest absolute Gasteiger partial charge is 0.401 e. The van der Waals surface area contributed by atoms with Gasteiger partial charge in [0.05, 0.1) is 6.54 Å². The highest BCUT2D eigenvalue weighted by atomic mass is 19.4. The molecule has 1 aliphatic heterocycles. The van der Waals surface area contributed by atoms with Crippen LogP contribution in [0.2, 0.25) is 0 Å². The van der Waals surface area contributed by atoms with Crippen LogP contribution in [0.4, 0.5) is 18.0 Å². The van der Waals surface area contributed by atoms with Gasteiger partial charge in [-0.15, -0.1) is 10.2 Å². The Balaban J connectivity index is 1.76. The van der Waals surface area contributed by atoms with Crippen LogP contribution in [0.5, 0.6) is 0 Å². The first-order valence-corrected chi connectivity index (χ1v) is 8.00. The van der Waals surface area contributed by atoms with Crippen molar-refractivity contribution in [2.75, 3.05) is 32.7 Å². The third-order valence-corrected chi connectivity index (χ3v) is 4.08. The van der Waals surface area contributed by atoms with Gasteiger partial charge in [-0.1, -0.05) is 6.92 Å². The highest BCUT2D eigenvalue weighted by Crippen LogP contribution is 2.20. The normalized spacial score (nSPS) is 19.5. The SMILES string of the molecule is CCc1nncn1CCNC(=O)N1CCN(CC(F)(F)F)C(C)C1. The number of alkyl halides is 3. The molecule has 24 heavy (non-hydrogen) atoms. The Bertz CT molecular complexity index is 547. The Kier molecular flexibility index (Phi) is 6.03. The third-order valence-electron chi connectivity index (χ3n) is 4.08. The molecule has 7 nitrogen and oxygen atoms in total. The molecule has 136 valence electrons. The Morgan fingerprint density at radius 3 is 2.79 bits per heavy atom. The van der Waals surface area contributed by atoms with Crippen LogP contribution >= 0.6 is 0 Å². The molecule has 1 unspecified atom stereocenters.